The van der Waals surface area contributed by atoms with Crippen LogP contribution in [0.15, 0.2) is 27.6 Å². The van der Waals surface area contributed by atoms with E-state index < -0.39 is 0 Å². The van der Waals surface area contributed by atoms with Gasteiger partial charge < -0.3 is 14.2 Å². The molecule has 3 rings (SSSR count). The zero-order valence-electron chi connectivity index (χ0n) is 11.6. The zero-order chi connectivity index (χ0) is 14.0. The third-order valence-electron chi connectivity index (χ3n) is 3.93. The van der Waals surface area contributed by atoms with E-state index in [1.54, 1.807) is 7.11 Å². The second-order valence-corrected chi connectivity index (χ2v) is 7.48. The first-order valence-electron chi connectivity index (χ1n) is 6.99. The molecule has 1 aromatic rings. The summed E-state index contributed by atoms with van der Waals surface area (Å²) in [6.45, 7) is 1.49. The van der Waals surface area contributed by atoms with Crippen molar-refractivity contribution in [1.29, 1.82) is 0 Å². The van der Waals surface area contributed by atoms with Gasteiger partial charge in [-0.25, -0.2) is 0 Å². The van der Waals surface area contributed by atoms with Gasteiger partial charge in [0.15, 0.2) is 5.79 Å². The van der Waals surface area contributed by atoms with Crippen molar-refractivity contribution in [3.8, 4) is 5.75 Å². The summed E-state index contributed by atoms with van der Waals surface area (Å²) in [6, 6.07) is 6.16. The second kappa shape index (κ2) is 6.26. The molecule has 2 fully saturated rings. The summed E-state index contributed by atoms with van der Waals surface area (Å²) in [4.78, 5) is 1.20. The maximum Gasteiger partial charge on any atom is 0.168 e. The van der Waals surface area contributed by atoms with Gasteiger partial charge >= 0.3 is 0 Å². The van der Waals surface area contributed by atoms with Crippen LogP contribution in [0.2, 0.25) is 0 Å². The van der Waals surface area contributed by atoms with Crippen LogP contribution in [0.1, 0.15) is 25.7 Å². The van der Waals surface area contributed by atoms with E-state index in [9.17, 15) is 0 Å². The number of hydrogen-bond donors (Lipinski definition) is 0. The molecule has 2 aliphatic rings. The molecule has 1 saturated carbocycles. The second-order valence-electron chi connectivity index (χ2n) is 5.22. The number of ether oxygens (including phenoxy) is 3. The fourth-order valence-corrected chi connectivity index (χ4v) is 4.66. The van der Waals surface area contributed by atoms with Crippen molar-refractivity contribution in [2.45, 2.75) is 41.6 Å². The van der Waals surface area contributed by atoms with Crippen LogP contribution >= 0.6 is 27.7 Å². The van der Waals surface area contributed by atoms with Gasteiger partial charge in [-0.2, -0.15) is 0 Å². The Kier molecular flexibility index (Phi) is 4.60. The number of halogens is 1. The highest BCUT2D eigenvalue weighted by atomic mass is 79.9. The number of thioether (sulfide) groups is 1. The van der Waals surface area contributed by atoms with E-state index in [2.05, 4.69) is 22.0 Å². The van der Waals surface area contributed by atoms with Crippen molar-refractivity contribution >= 4 is 27.7 Å². The van der Waals surface area contributed by atoms with E-state index in [1.165, 1.54) is 4.90 Å². The molecule has 1 aliphatic carbocycles. The number of rotatable bonds is 3. The van der Waals surface area contributed by atoms with E-state index in [1.807, 2.05) is 23.9 Å². The molecule has 1 saturated heterocycles. The van der Waals surface area contributed by atoms with Crippen molar-refractivity contribution in [3.05, 3.63) is 22.7 Å². The van der Waals surface area contributed by atoms with E-state index >= 15 is 0 Å². The molecule has 5 heteroatoms. The molecule has 0 radical (unpaired) electrons. The SMILES string of the molecule is COc1ccc(Br)cc1SC1CCC2(CC1)OCCO2. The summed E-state index contributed by atoms with van der Waals surface area (Å²) in [5.74, 6) is 0.685. The Hall–Kier alpha value is -0.230. The Balaban J connectivity index is 1.63. The van der Waals surface area contributed by atoms with Gasteiger partial charge in [0, 0.05) is 22.6 Å². The maximum atomic E-state index is 5.78. The van der Waals surface area contributed by atoms with Crippen LogP contribution < -0.4 is 4.74 Å². The topological polar surface area (TPSA) is 27.7 Å². The lowest BCUT2D eigenvalue weighted by Gasteiger charge is -2.35. The lowest BCUT2D eigenvalue weighted by Crippen LogP contribution is -2.35. The van der Waals surface area contributed by atoms with Gasteiger partial charge in [-0.3, -0.25) is 0 Å². The Bertz CT molecular complexity index is 464. The molecule has 0 N–H and O–H groups in total. The maximum absolute atomic E-state index is 5.78. The molecule has 0 atom stereocenters. The van der Waals surface area contributed by atoms with Gasteiger partial charge in [-0.05, 0) is 31.0 Å². The molecule has 3 nitrogen and oxygen atoms in total. The van der Waals surface area contributed by atoms with Crippen molar-refractivity contribution < 1.29 is 14.2 Å². The summed E-state index contributed by atoms with van der Waals surface area (Å²) >= 11 is 5.44. The summed E-state index contributed by atoms with van der Waals surface area (Å²) < 4.78 is 18.1. The largest absolute Gasteiger partial charge is 0.496 e. The molecule has 0 amide bonds. The van der Waals surface area contributed by atoms with E-state index in [0.717, 1.165) is 49.1 Å². The van der Waals surface area contributed by atoms with Crippen LogP contribution in [0.3, 0.4) is 0 Å². The van der Waals surface area contributed by atoms with E-state index in [0.29, 0.717) is 5.25 Å². The fraction of sp³-hybridized carbons (Fsp3) is 0.600. The first kappa shape index (κ1) is 14.7. The van der Waals surface area contributed by atoms with Crippen molar-refractivity contribution in [2.24, 2.45) is 0 Å². The zero-order valence-corrected chi connectivity index (χ0v) is 14.0. The molecule has 0 aromatic heterocycles. The van der Waals surface area contributed by atoms with Gasteiger partial charge in [0.05, 0.1) is 25.2 Å². The Labute approximate surface area is 132 Å². The minimum absolute atomic E-state index is 0.265. The van der Waals surface area contributed by atoms with Crippen LogP contribution in [-0.2, 0) is 9.47 Å². The molecule has 1 aromatic carbocycles. The van der Waals surface area contributed by atoms with Gasteiger partial charge in [0.25, 0.3) is 0 Å². The third kappa shape index (κ3) is 3.16. The normalized spacial score (nSPS) is 22.3. The fourth-order valence-electron chi connectivity index (χ4n) is 2.86. The van der Waals surface area contributed by atoms with Crippen LogP contribution in [0, 0.1) is 0 Å². The lowest BCUT2D eigenvalue weighted by molar-refractivity contribution is -0.175. The summed E-state index contributed by atoms with van der Waals surface area (Å²) in [6.07, 6.45) is 4.25. The van der Waals surface area contributed by atoms with Gasteiger partial charge in [0.2, 0.25) is 0 Å². The lowest BCUT2D eigenvalue weighted by atomic mass is 9.94. The monoisotopic (exact) mass is 358 g/mol. The Morgan fingerprint density at radius 1 is 1.25 bits per heavy atom. The van der Waals surface area contributed by atoms with Crippen molar-refractivity contribution in [2.75, 3.05) is 20.3 Å². The molecule has 1 aliphatic heterocycles. The standard InChI is InChI=1S/C15H19BrO3S/c1-17-13-3-2-11(16)10-14(13)20-12-4-6-15(7-5-12)18-8-9-19-15/h2-3,10,12H,4-9H2,1H3. The molecular weight excluding hydrogens is 340 g/mol. The van der Waals surface area contributed by atoms with Crippen LogP contribution in [0.25, 0.3) is 0 Å². The molecule has 0 bridgehead atoms. The molecule has 0 unspecified atom stereocenters. The molecule has 20 heavy (non-hydrogen) atoms. The van der Waals surface area contributed by atoms with Crippen LogP contribution in [0.4, 0.5) is 0 Å². The highest BCUT2D eigenvalue weighted by Gasteiger charge is 2.40. The van der Waals surface area contributed by atoms with Gasteiger partial charge in [0.1, 0.15) is 5.75 Å². The van der Waals surface area contributed by atoms with Crippen LogP contribution in [0.5, 0.6) is 5.75 Å². The van der Waals surface area contributed by atoms with Crippen LogP contribution in [-0.4, -0.2) is 31.4 Å². The summed E-state index contributed by atoms with van der Waals surface area (Å²) in [7, 11) is 1.73. The first-order valence-corrected chi connectivity index (χ1v) is 8.66. The minimum atomic E-state index is -0.265. The van der Waals surface area contributed by atoms with E-state index in [-0.39, 0.29) is 5.79 Å². The predicted molar refractivity (Wildman–Crippen MR) is 83.4 cm³/mol. The quantitative estimate of drug-likeness (QED) is 0.807. The smallest absolute Gasteiger partial charge is 0.168 e. The minimum Gasteiger partial charge on any atom is -0.496 e. The average Bonchev–Trinajstić information content (AvgIpc) is 2.90. The summed E-state index contributed by atoms with van der Waals surface area (Å²) in [5, 5.41) is 0.608. The molecule has 1 heterocycles. The molecular formula is C15H19BrO3S. The highest BCUT2D eigenvalue weighted by molar-refractivity contribution is 9.10. The first-order chi connectivity index (χ1) is 9.71. The van der Waals surface area contributed by atoms with Gasteiger partial charge in [-0.15, -0.1) is 11.8 Å². The number of benzene rings is 1. The number of hydrogen-bond acceptors (Lipinski definition) is 4. The molecule has 1 spiro atoms. The highest BCUT2D eigenvalue weighted by Crippen LogP contribution is 2.44. The molecule has 110 valence electrons. The Morgan fingerprint density at radius 3 is 2.60 bits per heavy atom. The third-order valence-corrected chi connectivity index (χ3v) is 5.80. The summed E-state index contributed by atoms with van der Waals surface area (Å²) in [5.41, 5.74) is 0. The van der Waals surface area contributed by atoms with Crippen molar-refractivity contribution in [3.63, 3.8) is 0 Å². The Morgan fingerprint density at radius 2 is 1.95 bits per heavy atom. The van der Waals surface area contributed by atoms with Gasteiger partial charge in [-0.1, -0.05) is 15.9 Å². The predicted octanol–water partition coefficient (Wildman–Crippen LogP) is 4.24. The average molecular weight is 359 g/mol. The number of methoxy groups -OCH3 is 1. The van der Waals surface area contributed by atoms with Crippen molar-refractivity contribution in [1.82, 2.24) is 0 Å². The van der Waals surface area contributed by atoms with E-state index in [4.69, 9.17) is 14.2 Å².